The topological polar surface area (TPSA) is 121 Å². The fraction of sp³-hybridized carbons (Fsp3) is 0.276. The molecule has 9 nitrogen and oxygen atoms in total. The molecule has 4 aromatic rings. The van der Waals surface area contributed by atoms with Crippen LogP contribution in [0.15, 0.2) is 75.5 Å². The molecule has 0 saturated heterocycles. The molecule has 0 fully saturated rings. The summed E-state index contributed by atoms with van der Waals surface area (Å²) in [4.78, 5) is 20.2. The highest BCUT2D eigenvalue weighted by Gasteiger charge is 2.33. The summed E-state index contributed by atoms with van der Waals surface area (Å²) in [6.07, 6.45) is 4.80. The number of nitrogens with zero attached hydrogens (tertiary/aromatic N) is 3. The van der Waals surface area contributed by atoms with Crippen LogP contribution in [-0.2, 0) is 16.3 Å². The molecule has 208 valence electrons. The summed E-state index contributed by atoms with van der Waals surface area (Å²) >= 11 is 0. The molecule has 0 aliphatic carbocycles. The first-order valence-electron chi connectivity index (χ1n) is 12.9. The Morgan fingerprint density at radius 2 is 1.85 bits per heavy atom. The van der Waals surface area contributed by atoms with E-state index in [1.807, 2.05) is 19.9 Å². The number of hydrogen-bond acceptors (Lipinski definition) is 8. The Bertz CT molecular complexity index is 1720. The highest BCUT2D eigenvalue weighted by molar-refractivity contribution is 7.91. The second-order valence-corrected chi connectivity index (χ2v) is 11.3. The first kappa shape index (κ1) is 27.3. The lowest BCUT2D eigenvalue weighted by Gasteiger charge is -2.26. The van der Waals surface area contributed by atoms with Crippen molar-refractivity contribution in [1.82, 2.24) is 14.5 Å². The third-order valence-electron chi connectivity index (χ3n) is 6.84. The maximum Gasteiger partial charge on any atom is 0.296 e. The number of hydrogen-bond donors (Lipinski definition) is 1. The van der Waals surface area contributed by atoms with Gasteiger partial charge in [-0.25, -0.2) is 12.8 Å². The molecular weight excluding hydrogens is 537 g/mol. The van der Waals surface area contributed by atoms with Gasteiger partial charge in [-0.15, -0.1) is 0 Å². The Kier molecular flexibility index (Phi) is 7.57. The monoisotopic (exact) mass is 565 g/mol. The number of rotatable bonds is 9. The lowest BCUT2D eigenvalue weighted by molar-refractivity contribution is 0.172. The number of halogens is 1. The average Bonchev–Trinajstić information content (AvgIpc) is 3.43. The van der Waals surface area contributed by atoms with E-state index < -0.39 is 38.0 Å². The number of aromatic hydroxyl groups is 1. The zero-order valence-electron chi connectivity index (χ0n) is 22.0. The van der Waals surface area contributed by atoms with Gasteiger partial charge in [0, 0.05) is 23.7 Å². The molecule has 1 aliphatic rings. The van der Waals surface area contributed by atoms with Gasteiger partial charge in [-0.3, -0.25) is 14.3 Å². The van der Waals surface area contributed by atoms with Crippen LogP contribution in [0, 0.1) is 5.82 Å². The van der Waals surface area contributed by atoms with Crippen molar-refractivity contribution in [3.05, 3.63) is 88.5 Å². The van der Waals surface area contributed by atoms with Crippen molar-refractivity contribution < 1.29 is 27.4 Å². The summed E-state index contributed by atoms with van der Waals surface area (Å²) in [6, 6.07) is 11.6. The third-order valence-corrected chi connectivity index (χ3v) is 8.63. The molecule has 0 spiro atoms. The van der Waals surface area contributed by atoms with E-state index in [4.69, 9.17) is 9.47 Å². The number of para-hydroxylation sites is 1. The van der Waals surface area contributed by atoms with Gasteiger partial charge < -0.3 is 14.6 Å². The molecule has 0 amide bonds. The molecule has 1 atom stereocenters. The van der Waals surface area contributed by atoms with E-state index in [0.717, 1.165) is 12.6 Å². The summed E-state index contributed by atoms with van der Waals surface area (Å²) < 4.78 is 53.8. The van der Waals surface area contributed by atoms with E-state index >= 15 is 0 Å². The minimum atomic E-state index is -4.49. The van der Waals surface area contributed by atoms with Crippen LogP contribution in [0.25, 0.3) is 11.1 Å². The van der Waals surface area contributed by atoms with Gasteiger partial charge >= 0.3 is 0 Å². The standard InChI is InChI=1S/C29H28FN3O6S/c1-3-5-9-25-32-28(34)27(29(35)33(25)23(4-2)22-7-6-8-24-26(22)39-17-38-24)40(36,37)21-12-10-18(11-13-21)19-14-20(30)16-31-15-19/h6-8,10-16,23,35H,3-5,9,17H2,1-2H3/t23-/m1/s1. The summed E-state index contributed by atoms with van der Waals surface area (Å²) in [6.45, 7) is 3.91. The predicted octanol–water partition coefficient (Wildman–Crippen LogP) is 5.05. The van der Waals surface area contributed by atoms with Crippen LogP contribution in [-0.4, -0.2) is 34.9 Å². The van der Waals surface area contributed by atoms with Gasteiger partial charge in [0.05, 0.1) is 17.1 Å². The molecule has 11 heteroatoms. The van der Waals surface area contributed by atoms with Gasteiger partial charge in [0.2, 0.25) is 22.5 Å². The Balaban J connectivity index is 1.65. The molecule has 2 aromatic carbocycles. The first-order valence-corrected chi connectivity index (χ1v) is 14.4. The van der Waals surface area contributed by atoms with Crippen molar-refractivity contribution in [2.24, 2.45) is 0 Å². The number of ether oxygens (including phenoxy) is 2. The second kappa shape index (κ2) is 11.1. The lowest BCUT2D eigenvalue weighted by Crippen LogP contribution is -2.27. The summed E-state index contributed by atoms with van der Waals surface area (Å²) in [7, 11) is -4.49. The zero-order valence-corrected chi connectivity index (χ0v) is 22.8. The van der Waals surface area contributed by atoms with Crippen molar-refractivity contribution >= 4 is 9.84 Å². The fourth-order valence-corrected chi connectivity index (χ4v) is 6.24. The van der Waals surface area contributed by atoms with Crippen LogP contribution in [0.5, 0.6) is 17.4 Å². The van der Waals surface area contributed by atoms with Crippen LogP contribution in [0.1, 0.15) is 50.5 Å². The van der Waals surface area contributed by atoms with Crippen molar-refractivity contribution in [2.75, 3.05) is 6.79 Å². The molecule has 1 aliphatic heterocycles. The van der Waals surface area contributed by atoms with Gasteiger partial charge in [-0.05, 0) is 42.7 Å². The summed E-state index contributed by atoms with van der Waals surface area (Å²) in [5.41, 5.74) is 0.633. The van der Waals surface area contributed by atoms with E-state index in [2.05, 4.69) is 9.97 Å². The maximum atomic E-state index is 13.8. The number of fused-ring (bicyclic) bond motifs is 1. The molecule has 1 N–H and O–H groups in total. The van der Waals surface area contributed by atoms with Crippen LogP contribution < -0.4 is 15.0 Å². The summed E-state index contributed by atoms with van der Waals surface area (Å²) in [5.74, 6) is 0.107. The van der Waals surface area contributed by atoms with Gasteiger partial charge in [-0.1, -0.05) is 44.5 Å². The van der Waals surface area contributed by atoms with E-state index in [0.29, 0.717) is 47.5 Å². The second-order valence-electron chi connectivity index (χ2n) is 9.38. The molecule has 0 bridgehead atoms. The molecule has 3 heterocycles. The Labute approximate surface area is 230 Å². The molecule has 0 radical (unpaired) electrons. The van der Waals surface area contributed by atoms with Crippen LogP contribution >= 0.6 is 0 Å². The van der Waals surface area contributed by atoms with Gasteiger partial charge in [-0.2, -0.15) is 4.98 Å². The molecule has 0 unspecified atom stereocenters. The molecular formula is C29H28FN3O6S. The fourth-order valence-electron chi connectivity index (χ4n) is 4.89. The quantitative estimate of drug-likeness (QED) is 0.299. The van der Waals surface area contributed by atoms with E-state index in [1.54, 1.807) is 12.1 Å². The highest BCUT2D eigenvalue weighted by atomic mass is 32.2. The van der Waals surface area contributed by atoms with E-state index in [-0.39, 0.29) is 17.5 Å². The third kappa shape index (κ3) is 4.92. The van der Waals surface area contributed by atoms with Crippen LogP contribution in [0.3, 0.4) is 0 Å². The summed E-state index contributed by atoms with van der Waals surface area (Å²) in [5, 5.41) is 11.5. The molecule has 40 heavy (non-hydrogen) atoms. The van der Waals surface area contributed by atoms with Crippen molar-refractivity contribution in [2.45, 2.75) is 55.4 Å². The van der Waals surface area contributed by atoms with Crippen LogP contribution in [0.2, 0.25) is 0 Å². The minimum Gasteiger partial charge on any atom is -0.493 e. The lowest BCUT2D eigenvalue weighted by atomic mass is 10.0. The minimum absolute atomic E-state index is 0.0428. The van der Waals surface area contributed by atoms with Gasteiger partial charge in [0.15, 0.2) is 16.4 Å². The van der Waals surface area contributed by atoms with E-state index in [1.165, 1.54) is 41.1 Å². The Morgan fingerprint density at radius 1 is 1.07 bits per heavy atom. The highest BCUT2D eigenvalue weighted by Crippen LogP contribution is 2.43. The number of aryl methyl sites for hydroxylation is 1. The number of aromatic nitrogens is 3. The molecule has 2 aromatic heterocycles. The normalized spacial score (nSPS) is 13.4. The zero-order chi connectivity index (χ0) is 28.4. The SMILES string of the molecule is CCCCc1nc(=O)c(S(=O)(=O)c2ccc(-c3cncc(F)c3)cc2)c(O)n1[C@H](CC)c1cccc2c1OCO2. The molecule has 0 saturated carbocycles. The van der Waals surface area contributed by atoms with Crippen molar-refractivity contribution in [1.29, 1.82) is 0 Å². The number of sulfone groups is 1. The van der Waals surface area contributed by atoms with Gasteiger partial charge in [0.25, 0.3) is 5.56 Å². The maximum absolute atomic E-state index is 13.8. The Hall–Kier alpha value is -4.25. The average molecular weight is 566 g/mol. The van der Waals surface area contributed by atoms with E-state index in [9.17, 15) is 22.7 Å². The van der Waals surface area contributed by atoms with Gasteiger partial charge in [0.1, 0.15) is 11.6 Å². The number of benzene rings is 2. The predicted molar refractivity (Wildman–Crippen MR) is 145 cm³/mol. The number of pyridine rings is 1. The smallest absolute Gasteiger partial charge is 0.296 e. The van der Waals surface area contributed by atoms with Crippen molar-refractivity contribution in [3.63, 3.8) is 0 Å². The van der Waals surface area contributed by atoms with Crippen LogP contribution in [0.4, 0.5) is 4.39 Å². The largest absolute Gasteiger partial charge is 0.493 e. The Morgan fingerprint density at radius 3 is 2.55 bits per heavy atom. The first-order chi connectivity index (χ1) is 19.3. The molecule has 5 rings (SSSR count). The van der Waals surface area contributed by atoms with Crippen molar-refractivity contribution in [3.8, 4) is 28.5 Å². The number of unbranched alkanes of at least 4 members (excludes halogenated alkanes) is 1.